The summed E-state index contributed by atoms with van der Waals surface area (Å²) < 4.78 is 0. The van der Waals surface area contributed by atoms with Crippen LogP contribution < -0.4 is 5.73 Å². The predicted octanol–water partition coefficient (Wildman–Crippen LogP) is 2.53. The van der Waals surface area contributed by atoms with Gasteiger partial charge in [0.15, 0.2) is 11.5 Å². The van der Waals surface area contributed by atoms with Crippen LogP contribution in [0.5, 0.6) is 0 Å². The van der Waals surface area contributed by atoms with Crippen molar-refractivity contribution < 1.29 is 9.72 Å². The number of rotatable bonds is 3. The number of carbonyl (C=O) groups excluding carboxylic acids is 1. The molecule has 2 aromatic rings. The number of nitro groups is 1. The number of fused-ring (bicyclic) bond motifs is 2. The van der Waals surface area contributed by atoms with Crippen molar-refractivity contribution in [2.75, 3.05) is 0 Å². The van der Waals surface area contributed by atoms with Crippen molar-refractivity contribution in [2.45, 2.75) is 6.42 Å². The minimum absolute atomic E-state index is 0.129. The molecule has 1 aliphatic rings. The van der Waals surface area contributed by atoms with Gasteiger partial charge in [0.05, 0.1) is 21.9 Å². The SMILES string of the molecule is NC=CCC1C=C([N+](=O)[O-])c2nc3ccccc3cc2C1=O. The van der Waals surface area contributed by atoms with E-state index in [1.54, 1.807) is 24.3 Å². The van der Waals surface area contributed by atoms with Crippen molar-refractivity contribution in [3.05, 3.63) is 70.1 Å². The second kappa shape index (κ2) is 5.40. The van der Waals surface area contributed by atoms with E-state index in [1.165, 1.54) is 12.3 Å². The molecule has 0 saturated heterocycles. The van der Waals surface area contributed by atoms with Gasteiger partial charge in [-0.15, -0.1) is 0 Å². The number of nitrogens with two attached hydrogens (primary N) is 1. The van der Waals surface area contributed by atoms with Gasteiger partial charge in [-0.2, -0.15) is 0 Å². The molecule has 110 valence electrons. The highest BCUT2D eigenvalue weighted by atomic mass is 16.6. The third kappa shape index (κ3) is 2.24. The quantitative estimate of drug-likeness (QED) is 0.693. The molecule has 6 heteroatoms. The summed E-state index contributed by atoms with van der Waals surface area (Å²) in [5.74, 6) is -0.757. The average molecular weight is 295 g/mol. The van der Waals surface area contributed by atoms with Gasteiger partial charge in [-0.3, -0.25) is 14.9 Å². The summed E-state index contributed by atoms with van der Waals surface area (Å²) in [7, 11) is 0. The molecule has 1 aromatic heterocycles. The Balaban J connectivity index is 2.21. The maximum atomic E-state index is 12.6. The summed E-state index contributed by atoms with van der Waals surface area (Å²) in [5.41, 5.74) is 6.23. The van der Waals surface area contributed by atoms with Crippen molar-refractivity contribution >= 4 is 22.4 Å². The zero-order chi connectivity index (χ0) is 15.7. The summed E-state index contributed by atoms with van der Waals surface area (Å²) in [6.45, 7) is 0. The molecule has 0 radical (unpaired) electrons. The number of benzene rings is 1. The Kier molecular flexibility index (Phi) is 3.42. The van der Waals surface area contributed by atoms with E-state index in [1.807, 2.05) is 12.1 Å². The number of allylic oxidation sites excluding steroid dienone is 2. The highest BCUT2D eigenvalue weighted by Gasteiger charge is 2.34. The number of ketones is 1. The van der Waals surface area contributed by atoms with Gasteiger partial charge in [0.2, 0.25) is 0 Å². The van der Waals surface area contributed by atoms with Gasteiger partial charge in [0, 0.05) is 11.5 Å². The van der Waals surface area contributed by atoms with Crippen molar-refractivity contribution in [3.63, 3.8) is 0 Å². The molecule has 0 amide bonds. The Morgan fingerprint density at radius 1 is 1.36 bits per heavy atom. The van der Waals surface area contributed by atoms with Crippen molar-refractivity contribution in [2.24, 2.45) is 11.7 Å². The molecule has 0 bridgehead atoms. The molecular weight excluding hydrogens is 282 g/mol. The zero-order valence-electron chi connectivity index (χ0n) is 11.6. The number of hydrogen-bond acceptors (Lipinski definition) is 5. The van der Waals surface area contributed by atoms with E-state index in [0.29, 0.717) is 17.5 Å². The number of aromatic nitrogens is 1. The van der Waals surface area contributed by atoms with Crippen molar-refractivity contribution in [3.8, 4) is 0 Å². The summed E-state index contributed by atoms with van der Waals surface area (Å²) in [6.07, 6.45) is 4.66. The second-order valence-electron chi connectivity index (χ2n) is 5.02. The third-order valence-corrected chi connectivity index (χ3v) is 3.65. The fourth-order valence-electron chi connectivity index (χ4n) is 2.59. The molecule has 1 unspecified atom stereocenters. The summed E-state index contributed by atoms with van der Waals surface area (Å²) in [5, 5.41) is 12.1. The van der Waals surface area contributed by atoms with E-state index >= 15 is 0 Å². The molecule has 0 aliphatic heterocycles. The van der Waals surface area contributed by atoms with Crippen LogP contribution >= 0.6 is 0 Å². The molecule has 3 rings (SSSR count). The molecule has 6 nitrogen and oxygen atoms in total. The minimum atomic E-state index is -0.587. The molecule has 1 aromatic carbocycles. The van der Waals surface area contributed by atoms with Gasteiger partial charge >= 0.3 is 0 Å². The Bertz CT molecular complexity index is 840. The molecule has 22 heavy (non-hydrogen) atoms. The van der Waals surface area contributed by atoms with Crippen LogP contribution in [0.3, 0.4) is 0 Å². The number of hydrogen-bond donors (Lipinski definition) is 1. The van der Waals surface area contributed by atoms with Crippen molar-refractivity contribution in [1.82, 2.24) is 4.98 Å². The number of nitrogens with zero attached hydrogens (tertiary/aromatic N) is 2. The summed E-state index contributed by atoms with van der Waals surface area (Å²) in [6, 6.07) is 8.91. The van der Waals surface area contributed by atoms with Crippen LogP contribution in [0, 0.1) is 16.0 Å². The highest BCUT2D eigenvalue weighted by Crippen LogP contribution is 2.32. The molecule has 0 saturated carbocycles. The van der Waals surface area contributed by atoms with E-state index < -0.39 is 10.8 Å². The summed E-state index contributed by atoms with van der Waals surface area (Å²) in [4.78, 5) is 27.7. The van der Waals surface area contributed by atoms with Gasteiger partial charge in [-0.05, 0) is 24.8 Å². The monoisotopic (exact) mass is 295 g/mol. The summed E-state index contributed by atoms with van der Waals surface area (Å²) >= 11 is 0. The predicted molar refractivity (Wildman–Crippen MR) is 82.5 cm³/mol. The fraction of sp³-hybridized carbons (Fsp3) is 0.125. The first-order valence-electron chi connectivity index (χ1n) is 6.79. The minimum Gasteiger partial charge on any atom is -0.405 e. The normalized spacial score (nSPS) is 17.5. The van der Waals surface area contributed by atoms with Crippen LogP contribution in [-0.2, 0) is 0 Å². The maximum Gasteiger partial charge on any atom is 0.292 e. The zero-order valence-corrected chi connectivity index (χ0v) is 11.6. The highest BCUT2D eigenvalue weighted by molar-refractivity contribution is 6.07. The first-order valence-corrected chi connectivity index (χ1v) is 6.79. The lowest BCUT2D eigenvalue weighted by atomic mass is 9.86. The first kappa shape index (κ1) is 13.9. The Hall–Kier alpha value is -3.02. The standard InChI is InChI=1S/C16H13N3O3/c17-7-3-5-11-9-14(19(21)22)15-12(16(11)20)8-10-4-1-2-6-13(10)18-15/h1-4,6-9,11H,5,17H2. The largest absolute Gasteiger partial charge is 0.405 e. The lowest BCUT2D eigenvalue weighted by molar-refractivity contribution is -0.376. The molecular formula is C16H13N3O3. The molecule has 1 atom stereocenters. The van der Waals surface area contributed by atoms with Gasteiger partial charge in [0.25, 0.3) is 5.70 Å². The topological polar surface area (TPSA) is 99.1 Å². The van der Waals surface area contributed by atoms with Crippen LogP contribution in [0.15, 0.2) is 48.7 Å². The van der Waals surface area contributed by atoms with Crippen LogP contribution in [0.2, 0.25) is 0 Å². The Morgan fingerprint density at radius 3 is 2.86 bits per heavy atom. The third-order valence-electron chi connectivity index (χ3n) is 3.65. The molecule has 0 spiro atoms. The second-order valence-corrected chi connectivity index (χ2v) is 5.02. The van der Waals surface area contributed by atoms with Crippen LogP contribution in [0.25, 0.3) is 16.6 Å². The number of para-hydroxylation sites is 1. The fourth-order valence-corrected chi connectivity index (χ4v) is 2.59. The molecule has 1 heterocycles. The van der Waals surface area contributed by atoms with Gasteiger partial charge < -0.3 is 5.73 Å². The maximum absolute atomic E-state index is 12.6. The van der Waals surface area contributed by atoms with Gasteiger partial charge in [-0.1, -0.05) is 24.3 Å². The molecule has 2 N–H and O–H groups in total. The van der Waals surface area contributed by atoms with Crippen molar-refractivity contribution in [1.29, 1.82) is 0 Å². The van der Waals surface area contributed by atoms with E-state index in [-0.39, 0.29) is 17.2 Å². The Morgan fingerprint density at radius 2 is 2.14 bits per heavy atom. The van der Waals surface area contributed by atoms with Crippen LogP contribution in [-0.4, -0.2) is 15.7 Å². The van der Waals surface area contributed by atoms with E-state index in [9.17, 15) is 14.9 Å². The smallest absolute Gasteiger partial charge is 0.292 e. The van der Waals surface area contributed by atoms with Gasteiger partial charge in [-0.25, -0.2) is 4.98 Å². The lowest BCUT2D eigenvalue weighted by Gasteiger charge is -2.17. The van der Waals surface area contributed by atoms with Crippen LogP contribution in [0.4, 0.5) is 0 Å². The molecule has 0 fully saturated rings. The van der Waals surface area contributed by atoms with E-state index in [4.69, 9.17) is 5.73 Å². The Labute approximate surface area is 126 Å². The first-order chi connectivity index (χ1) is 10.6. The number of Topliss-reactive ketones (excluding diaryl/α,β-unsaturated/α-hetero) is 1. The van der Waals surface area contributed by atoms with E-state index in [0.717, 1.165) is 5.39 Å². The average Bonchev–Trinajstić information content (AvgIpc) is 2.52. The number of pyridine rings is 1. The lowest BCUT2D eigenvalue weighted by Crippen LogP contribution is -2.22. The van der Waals surface area contributed by atoms with Gasteiger partial charge in [0.1, 0.15) is 0 Å². The molecule has 1 aliphatic carbocycles. The van der Waals surface area contributed by atoms with Crippen LogP contribution in [0.1, 0.15) is 22.5 Å². The van der Waals surface area contributed by atoms with E-state index in [2.05, 4.69) is 4.98 Å². The number of carbonyl (C=O) groups is 1.